The van der Waals surface area contributed by atoms with Crippen molar-refractivity contribution in [3.8, 4) is 5.75 Å². The van der Waals surface area contributed by atoms with Crippen molar-refractivity contribution in [3.05, 3.63) is 27.7 Å². The molecule has 0 saturated carbocycles. The normalized spacial score (nSPS) is 10.5. The van der Waals surface area contributed by atoms with E-state index in [4.69, 9.17) is 39.5 Å². The van der Waals surface area contributed by atoms with Gasteiger partial charge >= 0.3 is 0 Å². The van der Waals surface area contributed by atoms with Gasteiger partial charge in [-0.1, -0.05) is 30.1 Å². The Labute approximate surface area is 115 Å². The SMILES string of the molecule is CCSCCOc1c(Cl)cc(Cl)cc1CCl. The van der Waals surface area contributed by atoms with Crippen LogP contribution in [0.1, 0.15) is 12.5 Å². The second-order valence-corrected chi connectivity index (χ2v) is 5.56. The molecule has 0 radical (unpaired) electrons. The average molecular weight is 300 g/mol. The van der Waals surface area contributed by atoms with Gasteiger partial charge in [-0.15, -0.1) is 11.6 Å². The maximum atomic E-state index is 6.05. The lowest BCUT2D eigenvalue weighted by atomic mass is 10.2. The number of halogens is 3. The molecule has 0 spiro atoms. The number of thioether (sulfide) groups is 1. The van der Waals surface area contributed by atoms with Crippen molar-refractivity contribution in [3.63, 3.8) is 0 Å². The molecular formula is C11H13Cl3OS. The number of rotatable bonds is 6. The fraction of sp³-hybridized carbons (Fsp3) is 0.455. The molecule has 0 aliphatic rings. The van der Waals surface area contributed by atoms with Crippen LogP contribution in [0.25, 0.3) is 0 Å². The predicted octanol–water partition coefficient (Wildman–Crippen LogP) is 4.86. The standard InChI is InChI=1S/C11H13Cl3OS/c1-2-16-4-3-15-11-8(7-12)5-9(13)6-10(11)14/h5-6H,2-4,7H2,1H3. The number of hydrogen-bond donors (Lipinski definition) is 0. The van der Waals surface area contributed by atoms with E-state index in [0.717, 1.165) is 17.1 Å². The highest BCUT2D eigenvalue weighted by Crippen LogP contribution is 2.33. The number of benzene rings is 1. The van der Waals surface area contributed by atoms with Crippen LogP contribution >= 0.6 is 46.6 Å². The number of ether oxygens (including phenoxy) is 1. The molecule has 1 aromatic carbocycles. The maximum absolute atomic E-state index is 6.05. The molecule has 0 bridgehead atoms. The highest BCUT2D eigenvalue weighted by Gasteiger charge is 2.09. The van der Waals surface area contributed by atoms with Gasteiger partial charge in [-0.05, 0) is 17.9 Å². The van der Waals surface area contributed by atoms with Crippen LogP contribution in [0.5, 0.6) is 5.75 Å². The van der Waals surface area contributed by atoms with Gasteiger partial charge < -0.3 is 4.74 Å². The molecule has 0 heterocycles. The van der Waals surface area contributed by atoms with Crippen LogP contribution in [-0.2, 0) is 5.88 Å². The summed E-state index contributed by atoms with van der Waals surface area (Å²) in [4.78, 5) is 0. The van der Waals surface area contributed by atoms with Gasteiger partial charge in [-0.3, -0.25) is 0 Å². The molecule has 1 nitrogen and oxygen atoms in total. The van der Waals surface area contributed by atoms with Gasteiger partial charge in [0.1, 0.15) is 5.75 Å². The molecule has 0 saturated heterocycles. The smallest absolute Gasteiger partial charge is 0.142 e. The Morgan fingerprint density at radius 3 is 2.69 bits per heavy atom. The van der Waals surface area contributed by atoms with Crippen LogP contribution < -0.4 is 4.74 Å². The van der Waals surface area contributed by atoms with E-state index in [1.165, 1.54) is 0 Å². The number of alkyl halides is 1. The van der Waals surface area contributed by atoms with E-state index in [9.17, 15) is 0 Å². The quantitative estimate of drug-likeness (QED) is 0.548. The first kappa shape index (κ1) is 14.3. The lowest BCUT2D eigenvalue weighted by Crippen LogP contribution is -2.03. The lowest BCUT2D eigenvalue weighted by Gasteiger charge is -2.12. The molecule has 1 rings (SSSR count). The van der Waals surface area contributed by atoms with Gasteiger partial charge in [0.2, 0.25) is 0 Å². The van der Waals surface area contributed by atoms with Gasteiger partial charge in [0.05, 0.1) is 17.5 Å². The summed E-state index contributed by atoms with van der Waals surface area (Å²) >= 11 is 19.6. The first-order chi connectivity index (χ1) is 7.69. The molecule has 90 valence electrons. The average Bonchev–Trinajstić information content (AvgIpc) is 2.26. The van der Waals surface area contributed by atoms with E-state index >= 15 is 0 Å². The van der Waals surface area contributed by atoms with Crippen molar-refractivity contribution < 1.29 is 4.74 Å². The Balaban J connectivity index is 2.70. The van der Waals surface area contributed by atoms with Crippen LogP contribution in [0, 0.1) is 0 Å². The third-order valence-electron chi connectivity index (χ3n) is 1.91. The van der Waals surface area contributed by atoms with Crippen molar-refractivity contribution in [2.75, 3.05) is 18.1 Å². The van der Waals surface area contributed by atoms with Crippen LogP contribution in [0.15, 0.2) is 12.1 Å². The third kappa shape index (κ3) is 4.25. The molecule has 0 fully saturated rings. The lowest BCUT2D eigenvalue weighted by molar-refractivity contribution is 0.341. The fourth-order valence-electron chi connectivity index (χ4n) is 1.22. The summed E-state index contributed by atoms with van der Waals surface area (Å²) in [7, 11) is 0. The molecule has 5 heteroatoms. The summed E-state index contributed by atoms with van der Waals surface area (Å²) in [6, 6.07) is 3.45. The molecular weight excluding hydrogens is 287 g/mol. The Kier molecular flexibility index (Phi) is 6.74. The molecule has 0 aliphatic heterocycles. The van der Waals surface area contributed by atoms with E-state index in [1.807, 2.05) is 11.8 Å². The molecule has 1 aromatic rings. The van der Waals surface area contributed by atoms with Gasteiger partial charge in [0.15, 0.2) is 0 Å². The summed E-state index contributed by atoms with van der Waals surface area (Å²) in [6.07, 6.45) is 0. The highest BCUT2D eigenvalue weighted by molar-refractivity contribution is 7.99. The Hall–Kier alpha value is 0.240. The summed E-state index contributed by atoms with van der Waals surface area (Å²) < 4.78 is 5.62. The van der Waals surface area contributed by atoms with E-state index < -0.39 is 0 Å². The van der Waals surface area contributed by atoms with E-state index in [2.05, 4.69) is 6.92 Å². The van der Waals surface area contributed by atoms with Gasteiger partial charge in [-0.25, -0.2) is 0 Å². The van der Waals surface area contributed by atoms with E-state index in [1.54, 1.807) is 12.1 Å². The summed E-state index contributed by atoms with van der Waals surface area (Å²) in [5.41, 5.74) is 0.834. The maximum Gasteiger partial charge on any atom is 0.142 e. The summed E-state index contributed by atoms with van der Waals surface area (Å²) in [6.45, 7) is 2.74. The summed E-state index contributed by atoms with van der Waals surface area (Å²) in [5.74, 6) is 3.02. The minimum atomic E-state index is 0.344. The zero-order valence-electron chi connectivity index (χ0n) is 8.93. The zero-order valence-corrected chi connectivity index (χ0v) is 12.0. The van der Waals surface area contributed by atoms with E-state index in [-0.39, 0.29) is 0 Å². The van der Waals surface area contributed by atoms with Gasteiger partial charge in [0, 0.05) is 16.3 Å². The molecule has 0 amide bonds. The first-order valence-corrected chi connectivity index (χ1v) is 7.38. The monoisotopic (exact) mass is 298 g/mol. The van der Waals surface area contributed by atoms with Crippen LogP contribution in [0.3, 0.4) is 0 Å². The van der Waals surface area contributed by atoms with Crippen molar-refractivity contribution in [1.82, 2.24) is 0 Å². The Bertz CT molecular complexity index is 344. The van der Waals surface area contributed by atoms with Crippen molar-refractivity contribution in [2.24, 2.45) is 0 Å². The van der Waals surface area contributed by atoms with Crippen LogP contribution in [0.4, 0.5) is 0 Å². The fourth-order valence-corrected chi connectivity index (χ4v) is 2.50. The minimum Gasteiger partial charge on any atom is -0.491 e. The van der Waals surface area contributed by atoms with Crippen molar-refractivity contribution >= 4 is 46.6 Å². The molecule has 0 aliphatic carbocycles. The minimum absolute atomic E-state index is 0.344. The Morgan fingerprint density at radius 2 is 2.06 bits per heavy atom. The van der Waals surface area contributed by atoms with Crippen molar-refractivity contribution in [1.29, 1.82) is 0 Å². The topological polar surface area (TPSA) is 9.23 Å². The molecule has 0 N–H and O–H groups in total. The van der Waals surface area contributed by atoms with Crippen LogP contribution in [-0.4, -0.2) is 18.1 Å². The van der Waals surface area contributed by atoms with Gasteiger partial charge in [-0.2, -0.15) is 11.8 Å². The van der Waals surface area contributed by atoms with E-state index in [0.29, 0.717) is 28.3 Å². The number of hydrogen-bond acceptors (Lipinski definition) is 2. The third-order valence-corrected chi connectivity index (χ3v) is 3.56. The predicted molar refractivity (Wildman–Crippen MR) is 74.5 cm³/mol. The molecule has 0 aromatic heterocycles. The second kappa shape index (κ2) is 7.54. The second-order valence-electron chi connectivity index (χ2n) is 3.05. The first-order valence-electron chi connectivity index (χ1n) is 4.93. The van der Waals surface area contributed by atoms with Gasteiger partial charge in [0.25, 0.3) is 0 Å². The largest absolute Gasteiger partial charge is 0.491 e. The highest BCUT2D eigenvalue weighted by atomic mass is 35.5. The molecule has 16 heavy (non-hydrogen) atoms. The molecule has 0 unspecified atom stereocenters. The molecule has 0 atom stereocenters. The van der Waals surface area contributed by atoms with Crippen LogP contribution in [0.2, 0.25) is 10.0 Å². The Morgan fingerprint density at radius 1 is 1.31 bits per heavy atom. The van der Waals surface area contributed by atoms with Crippen molar-refractivity contribution in [2.45, 2.75) is 12.8 Å². The summed E-state index contributed by atoms with van der Waals surface area (Å²) in [5, 5.41) is 1.10. The zero-order chi connectivity index (χ0) is 12.0.